The Morgan fingerprint density at radius 3 is 2.62 bits per heavy atom. The van der Waals surface area contributed by atoms with E-state index in [1.54, 1.807) is 31.2 Å². The Kier molecular flexibility index (Phi) is 8.46. The summed E-state index contributed by atoms with van der Waals surface area (Å²) < 4.78 is 23.7. The molecule has 9 nitrogen and oxygen atoms in total. The van der Waals surface area contributed by atoms with E-state index >= 15 is 0 Å². The van der Waals surface area contributed by atoms with Gasteiger partial charge in [0.1, 0.15) is 12.4 Å². The summed E-state index contributed by atoms with van der Waals surface area (Å²) in [7, 11) is 1.44. The first-order valence-corrected chi connectivity index (χ1v) is 13.0. The van der Waals surface area contributed by atoms with Gasteiger partial charge in [0.05, 0.1) is 35.6 Å². The molecule has 0 saturated carbocycles. The highest BCUT2D eigenvalue weighted by Gasteiger charge is 2.34. The van der Waals surface area contributed by atoms with E-state index in [0.29, 0.717) is 33.0 Å². The number of fused-ring (bicyclic) bond motifs is 1. The van der Waals surface area contributed by atoms with Gasteiger partial charge in [-0.2, -0.15) is 0 Å². The molecule has 0 bridgehead atoms. The predicted molar refractivity (Wildman–Crippen MR) is 147 cm³/mol. The Labute approximate surface area is 228 Å². The summed E-state index contributed by atoms with van der Waals surface area (Å²) in [4.78, 5) is 43.7. The van der Waals surface area contributed by atoms with Gasteiger partial charge >= 0.3 is 11.9 Å². The van der Waals surface area contributed by atoms with Crippen LogP contribution >= 0.6 is 11.3 Å². The van der Waals surface area contributed by atoms with Gasteiger partial charge in [-0.25, -0.2) is 9.79 Å². The van der Waals surface area contributed by atoms with E-state index in [0.717, 1.165) is 5.56 Å². The van der Waals surface area contributed by atoms with Crippen LogP contribution < -0.4 is 29.1 Å². The average molecular weight is 549 g/mol. The third-order valence-corrected chi connectivity index (χ3v) is 6.82. The number of aromatic nitrogens is 1. The van der Waals surface area contributed by atoms with Crippen molar-refractivity contribution in [3.63, 3.8) is 0 Å². The van der Waals surface area contributed by atoms with Crippen LogP contribution in [0.5, 0.6) is 17.2 Å². The van der Waals surface area contributed by atoms with Crippen LogP contribution in [0.1, 0.15) is 37.9 Å². The van der Waals surface area contributed by atoms with Gasteiger partial charge in [-0.05, 0) is 43.7 Å². The van der Waals surface area contributed by atoms with E-state index in [1.807, 2.05) is 31.2 Å². The molecule has 1 aromatic heterocycles. The van der Waals surface area contributed by atoms with E-state index in [9.17, 15) is 14.4 Å². The first-order valence-electron chi connectivity index (χ1n) is 12.2. The van der Waals surface area contributed by atoms with E-state index in [2.05, 4.69) is 11.6 Å². The molecule has 1 unspecified atom stereocenters. The number of benzene rings is 2. The first-order chi connectivity index (χ1) is 18.8. The summed E-state index contributed by atoms with van der Waals surface area (Å²) in [6.07, 6.45) is 3.22. The molecule has 1 aliphatic heterocycles. The number of carbonyl (C=O) groups excluding carboxylic acids is 2. The van der Waals surface area contributed by atoms with E-state index < -0.39 is 18.0 Å². The summed E-state index contributed by atoms with van der Waals surface area (Å²) in [6.45, 7) is 8.95. The monoisotopic (exact) mass is 548 g/mol. The fourth-order valence-corrected chi connectivity index (χ4v) is 5.27. The highest BCUT2D eigenvalue weighted by atomic mass is 32.1. The average Bonchev–Trinajstić information content (AvgIpc) is 3.21. The smallest absolute Gasteiger partial charge is 0.338 e. The number of rotatable bonds is 9. The molecule has 2 aromatic carbocycles. The number of thiazole rings is 1. The van der Waals surface area contributed by atoms with E-state index in [4.69, 9.17) is 18.9 Å². The lowest BCUT2D eigenvalue weighted by molar-refractivity contribution is -0.138. The minimum atomic E-state index is -0.872. The van der Waals surface area contributed by atoms with Crippen molar-refractivity contribution in [1.29, 1.82) is 0 Å². The van der Waals surface area contributed by atoms with Crippen molar-refractivity contribution in [2.75, 3.05) is 20.3 Å². The number of esters is 2. The van der Waals surface area contributed by atoms with Crippen LogP contribution in [0.15, 0.2) is 76.2 Å². The Hall–Kier alpha value is -4.44. The van der Waals surface area contributed by atoms with Gasteiger partial charge in [0, 0.05) is 12.5 Å². The van der Waals surface area contributed by atoms with E-state index in [1.165, 1.54) is 36.0 Å². The van der Waals surface area contributed by atoms with Gasteiger partial charge in [0.2, 0.25) is 0 Å². The Balaban J connectivity index is 1.95. The van der Waals surface area contributed by atoms with Crippen molar-refractivity contribution < 1.29 is 28.5 Å². The normalized spacial score (nSPS) is 14.8. The van der Waals surface area contributed by atoms with Gasteiger partial charge < -0.3 is 18.9 Å². The molecule has 1 aliphatic rings. The second-order valence-corrected chi connectivity index (χ2v) is 9.45. The molecule has 39 heavy (non-hydrogen) atoms. The summed E-state index contributed by atoms with van der Waals surface area (Å²) in [5, 5.41) is 0. The third-order valence-electron chi connectivity index (χ3n) is 5.84. The zero-order valence-electron chi connectivity index (χ0n) is 22.1. The molecule has 0 fully saturated rings. The number of hydrogen-bond donors (Lipinski definition) is 0. The lowest BCUT2D eigenvalue weighted by Gasteiger charge is -2.25. The molecule has 0 amide bonds. The van der Waals surface area contributed by atoms with Crippen molar-refractivity contribution >= 4 is 29.4 Å². The quantitative estimate of drug-likeness (QED) is 0.230. The fraction of sp³-hybridized carbons (Fsp3) is 0.241. The maximum Gasteiger partial charge on any atom is 0.338 e. The molecule has 0 spiro atoms. The highest BCUT2D eigenvalue weighted by Crippen LogP contribution is 2.36. The van der Waals surface area contributed by atoms with Gasteiger partial charge in [0.15, 0.2) is 16.3 Å². The van der Waals surface area contributed by atoms with Crippen molar-refractivity contribution in [3.8, 4) is 17.2 Å². The van der Waals surface area contributed by atoms with Gasteiger partial charge in [-0.3, -0.25) is 14.2 Å². The lowest BCUT2D eigenvalue weighted by atomic mass is 9.95. The predicted octanol–water partition coefficient (Wildman–Crippen LogP) is 3.30. The number of carbonyl (C=O) groups is 2. The van der Waals surface area contributed by atoms with Crippen LogP contribution in [0.4, 0.5) is 0 Å². The second-order valence-electron chi connectivity index (χ2n) is 8.44. The Morgan fingerprint density at radius 2 is 1.92 bits per heavy atom. The molecule has 4 rings (SSSR count). The highest BCUT2D eigenvalue weighted by molar-refractivity contribution is 7.07. The summed E-state index contributed by atoms with van der Waals surface area (Å²) in [6, 6.07) is 11.4. The molecule has 0 saturated heterocycles. The minimum Gasteiger partial charge on any atom is -0.493 e. The molecule has 0 radical (unpaired) electrons. The molecule has 0 aliphatic carbocycles. The molecular formula is C29H28N2O7S. The molecule has 2 heterocycles. The minimum absolute atomic E-state index is 0.00429. The Bertz CT molecular complexity index is 1650. The van der Waals surface area contributed by atoms with Crippen LogP contribution in [0.2, 0.25) is 0 Å². The van der Waals surface area contributed by atoms with Crippen molar-refractivity contribution in [3.05, 3.63) is 97.2 Å². The standard InChI is InChI=1S/C29H28N2O7S/c1-6-14-37-28(34)25-17(3)30-29-31(26(25)20-12-13-22(38-18(4)32)23(15-20)35-5)27(33)24(39-29)16-19-10-8-9-11-21(19)36-7-2/h6,8-13,15-16,26H,1,7,14H2,2-5H3. The van der Waals surface area contributed by atoms with Crippen LogP contribution in [0, 0.1) is 0 Å². The molecule has 10 heteroatoms. The summed E-state index contributed by atoms with van der Waals surface area (Å²) in [5.74, 6) is -0.00175. The van der Waals surface area contributed by atoms with Gasteiger partial charge in [-0.1, -0.05) is 48.3 Å². The summed E-state index contributed by atoms with van der Waals surface area (Å²) in [5.41, 5.74) is 1.58. The van der Waals surface area contributed by atoms with Crippen LogP contribution in [-0.4, -0.2) is 36.8 Å². The largest absolute Gasteiger partial charge is 0.493 e. The van der Waals surface area contributed by atoms with Crippen LogP contribution in [-0.2, 0) is 14.3 Å². The van der Waals surface area contributed by atoms with Crippen molar-refractivity contribution in [2.24, 2.45) is 4.99 Å². The number of ether oxygens (including phenoxy) is 4. The second kappa shape index (κ2) is 12.0. The number of para-hydroxylation sites is 1. The lowest BCUT2D eigenvalue weighted by Crippen LogP contribution is -2.40. The number of methoxy groups -OCH3 is 1. The van der Waals surface area contributed by atoms with Crippen LogP contribution in [0.3, 0.4) is 0 Å². The topological polar surface area (TPSA) is 105 Å². The molecule has 3 aromatic rings. The zero-order valence-corrected chi connectivity index (χ0v) is 22.9. The molecule has 1 atom stereocenters. The molecular weight excluding hydrogens is 520 g/mol. The maximum atomic E-state index is 13.9. The number of hydrogen-bond acceptors (Lipinski definition) is 9. The molecule has 0 N–H and O–H groups in total. The van der Waals surface area contributed by atoms with Crippen molar-refractivity contribution in [1.82, 2.24) is 4.57 Å². The zero-order chi connectivity index (χ0) is 28.1. The number of nitrogens with zero attached hydrogens (tertiary/aromatic N) is 2. The Morgan fingerprint density at radius 1 is 1.15 bits per heavy atom. The van der Waals surface area contributed by atoms with Crippen molar-refractivity contribution in [2.45, 2.75) is 26.8 Å². The third kappa shape index (κ3) is 5.70. The molecule has 202 valence electrons. The van der Waals surface area contributed by atoms with E-state index in [-0.39, 0.29) is 29.2 Å². The van der Waals surface area contributed by atoms with Crippen LogP contribution in [0.25, 0.3) is 6.08 Å². The number of allylic oxidation sites excluding steroid dienone is 1. The SMILES string of the molecule is C=CCOC(=O)C1=C(C)N=c2sc(=Cc3ccccc3OCC)c(=O)n2C1c1ccc(OC(C)=O)c(OC)c1. The van der Waals surface area contributed by atoms with Gasteiger partial charge in [-0.15, -0.1) is 0 Å². The fourth-order valence-electron chi connectivity index (χ4n) is 4.23. The maximum absolute atomic E-state index is 13.9. The first kappa shape index (κ1) is 27.6. The van der Waals surface area contributed by atoms with Gasteiger partial charge in [0.25, 0.3) is 5.56 Å². The summed E-state index contributed by atoms with van der Waals surface area (Å²) >= 11 is 1.21.